The molecular formula is C36H26N2. The zero-order valence-electron chi connectivity index (χ0n) is 21.2. The minimum absolute atomic E-state index is 0.755. The van der Waals surface area contributed by atoms with Crippen molar-refractivity contribution in [3.63, 3.8) is 0 Å². The van der Waals surface area contributed by atoms with Crippen LogP contribution in [0.25, 0.3) is 66.1 Å². The number of hydrogen-bond acceptors (Lipinski definition) is 2. The standard InChI is InChI=1S/C36H26N2/c1-2-24-14-16-25(17-15-24)34-22-30(21-27-8-3-5-11-31(27)34)26-18-19-32-28(20-26)10-7-12-33(32)36-37-23-29-9-4-6-13-35(29)38-36/h3-23H,2H2,1H3. The van der Waals surface area contributed by atoms with Crippen LogP contribution < -0.4 is 0 Å². The van der Waals surface area contributed by atoms with Gasteiger partial charge in [0.15, 0.2) is 5.82 Å². The Kier molecular flexibility index (Phi) is 5.44. The van der Waals surface area contributed by atoms with Gasteiger partial charge in [-0.2, -0.15) is 0 Å². The van der Waals surface area contributed by atoms with Gasteiger partial charge in [-0.1, -0.05) is 104 Å². The summed E-state index contributed by atoms with van der Waals surface area (Å²) in [5.41, 5.74) is 8.29. The molecule has 7 rings (SSSR count). The molecule has 6 aromatic carbocycles. The lowest BCUT2D eigenvalue weighted by Crippen LogP contribution is -1.91. The Hall–Kier alpha value is -4.82. The zero-order valence-corrected chi connectivity index (χ0v) is 21.2. The number of para-hydroxylation sites is 1. The van der Waals surface area contributed by atoms with Crippen LogP contribution in [0.4, 0.5) is 0 Å². The minimum atomic E-state index is 0.755. The van der Waals surface area contributed by atoms with Gasteiger partial charge in [0.1, 0.15) is 0 Å². The molecule has 0 saturated carbocycles. The molecule has 0 amide bonds. The van der Waals surface area contributed by atoms with Crippen molar-refractivity contribution in [2.45, 2.75) is 13.3 Å². The molecule has 1 aromatic heterocycles. The van der Waals surface area contributed by atoms with E-state index >= 15 is 0 Å². The molecule has 2 heteroatoms. The van der Waals surface area contributed by atoms with E-state index in [0.29, 0.717) is 0 Å². The topological polar surface area (TPSA) is 25.8 Å². The molecule has 0 radical (unpaired) electrons. The van der Waals surface area contributed by atoms with Crippen LogP contribution >= 0.6 is 0 Å². The molecule has 0 fully saturated rings. The van der Waals surface area contributed by atoms with E-state index in [1.165, 1.54) is 44.0 Å². The summed E-state index contributed by atoms with van der Waals surface area (Å²) < 4.78 is 0. The van der Waals surface area contributed by atoms with Gasteiger partial charge in [-0.05, 0) is 80.0 Å². The van der Waals surface area contributed by atoms with E-state index in [1.807, 2.05) is 30.5 Å². The molecule has 2 nitrogen and oxygen atoms in total. The highest BCUT2D eigenvalue weighted by molar-refractivity contribution is 6.02. The van der Waals surface area contributed by atoms with Crippen molar-refractivity contribution < 1.29 is 0 Å². The van der Waals surface area contributed by atoms with E-state index in [2.05, 4.69) is 109 Å². The molecule has 0 saturated heterocycles. The first-order chi connectivity index (χ1) is 18.8. The summed E-state index contributed by atoms with van der Waals surface area (Å²) in [7, 11) is 0. The van der Waals surface area contributed by atoms with Gasteiger partial charge < -0.3 is 0 Å². The lowest BCUT2D eigenvalue weighted by molar-refractivity contribution is 1.14. The zero-order chi connectivity index (χ0) is 25.5. The van der Waals surface area contributed by atoms with Crippen molar-refractivity contribution in [3.05, 3.63) is 133 Å². The summed E-state index contributed by atoms with van der Waals surface area (Å²) in [5, 5.41) is 5.91. The summed E-state index contributed by atoms with van der Waals surface area (Å²) in [6.07, 6.45) is 2.96. The number of rotatable bonds is 4. The van der Waals surface area contributed by atoms with Gasteiger partial charge in [0.05, 0.1) is 5.52 Å². The maximum atomic E-state index is 4.86. The number of aromatic nitrogens is 2. The van der Waals surface area contributed by atoms with Gasteiger partial charge >= 0.3 is 0 Å². The number of fused-ring (bicyclic) bond motifs is 3. The SMILES string of the molecule is CCc1ccc(-c2cc(-c3ccc4c(-c5ncc6ccccc6n5)cccc4c3)cc3ccccc23)cc1. The van der Waals surface area contributed by atoms with E-state index in [1.54, 1.807) is 0 Å². The summed E-state index contributed by atoms with van der Waals surface area (Å²) >= 11 is 0. The minimum Gasteiger partial charge on any atom is -0.236 e. The highest BCUT2D eigenvalue weighted by Gasteiger charge is 2.11. The normalized spacial score (nSPS) is 11.4. The van der Waals surface area contributed by atoms with E-state index in [-0.39, 0.29) is 0 Å². The summed E-state index contributed by atoms with van der Waals surface area (Å²) in [6, 6.07) is 43.5. The molecule has 7 aromatic rings. The molecule has 38 heavy (non-hydrogen) atoms. The first-order valence-electron chi connectivity index (χ1n) is 13.1. The lowest BCUT2D eigenvalue weighted by Gasteiger charge is -2.13. The Balaban J connectivity index is 1.36. The van der Waals surface area contributed by atoms with Gasteiger partial charge in [0, 0.05) is 17.1 Å². The van der Waals surface area contributed by atoms with Gasteiger partial charge in [-0.25, -0.2) is 9.97 Å². The first-order valence-corrected chi connectivity index (χ1v) is 13.1. The smallest absolute Gasteiger partial charge is 0.160 e. The molecule has 0 aliphatic rings. The van der Waals surface area contributed by atoms with Crippen molar-refractivity contribution >= 4 is 32.4 Å². The van der Waals surface area contributed by atoms with Crippen molar-refractivity contribution in [1.29, 1.82) is 0 Å². The average molecular weight is 487 g/mol. The Morgan fingerprint density at radius 3 is 2.05 bits per heavy atom. The fourth-order valence-electron chi connectivity index (χ4n) is 5.40. The molecule has 0 bridgehead atoms. The Bertz CT molecular complexity index is 1950. The van der Waals surface area contributed by atoms with E-state index in [0.717, 1.165) is 34.1 Å². The molecule has 0 spiro atoms. The molecular weight excluding hydrogens is 460 g/mol. The average Bonchev–Trinajstić information content (AvgIpc) is 2.99. The summed E-state index contributed by atoms with van der Waals surface area (Å²) in [4.78, 5) is 9.55. The third-order valence-corrected chi connectivity index (χ3v) is 7.48. The van der Waals surface area contributed by atoms with Crippen LogP contribution in [0.15, 0.2) is 128 Å². The molecule has 180 valence electrons. The fraction of sp³-hybridized carbons (Fsp3) is 0.0556. The number of nitrogens with zero attached hydrogens (tertiary/aromatic N) is 2. The molecule has 1 heterocycles. The van der Waals surface area contributed by atoms with Crippen molar-refractivity contribution in [2.75, 3.05) is 0 Å². The van der Waals surface area contributed by atoms with Crippen LogP contribution in [0, 0.1) is 0 Å². The third-order valence-electron chi connectivity index (χ3n) is 7.48. The monoisotopic (exact) mass is 486 g/mol. The van der Waals surface area contributed by atoms with Crippen LogP contribution in [0.5, 0.6) is 0 Å². The Morgan fingerprint density at radius 1 is 0.526 bits per heavy atom. The molecule has 0 aliphatic heterocycles. The third kappa shape index (κ3) is 3.91. The maximum absolute atomic E-state index is 4.86. The quantitative estimate of drug-likeness (QED) is 0.247. The second kappa shape index (κ2) is 9.24. The van der Waals surface area contributed by atoms with Gasteiger partial charge in [-0.3, -0.25) is 0 Å². The highest BCUT2D eigenvalue weighted by atomic mass is 14.9. The predicted octanol–water partition coefficient (Wildman–Crippen LogP) is 9.50. The van der Waals surface area contributed by atoms with Crippen molar-refractivity contribution in [2.24, 2.45) is 0 Å². The van der Waals surface area contributed by atoms with Crippen molar-refractivity contribution in [3.8, 4) is 33.6 Å². The number of hydrogen-bond donors (Lipinski definition) is 0. The predicted molar refractivity (Wildman–Crippen MR) is 160 cm³/mol. The largest absolute Gasteiger partial charge is 0.236 e. The highest BCUT2D eigenvalue weighted by Crippen LogP contribution is 2.36. The summed E-state index contributed by atoms with van der Waals surface area (Å²) in [5.74, 6) is 0.755. The van der Waals surface area contributed by atoms with Gasteiger partial charge in [-0.15, -0.1) is 0 Å². The van der Waals surface area contributed by atoms with Crippen LogP contribution in [0.3, 0.4) is 0 Å². The number of aryl methyl sites for hydroxylation is 1. The van der Waals surface area contributed by atoms with Crippen LogP contribution in [0.1, 0.15) is 12.5 Å². The van der Waals surface area contributed by atoms with Crippen molar-refractivity contribution in [1.82, 2.24) is 9.97 Å². The summed E-state index contributed by atoms with van der Waals surface area (Å²) in [6.45, 7) is 2.20. The van der Waals surface area contributed by atoms with E-state index in [4.69, 9.17) is 4.98 Å². The van der Waals surface area contributed by atoms with Crippen LogP contribution in [-0.2, 0) is 6.42 Å². The van der Waals surface area contributed by atoms with E-state index < -0.39 is 0 Å². The fourth-order valence-corrected chi connectivity index (χ4v) is 5.40. The van der Waals surface area contributed by atoms with Gasteiger partial charge in [0.25, 0.3) is 0 Å². The maximum Gasteiger partial charge on any atom is 0.160 e. The lowest BCUT2D eigenvalue weighted by atomic mass is 9.91. The molecule has 0 aliphatic carbocycles. The first kappa shape index (κ1) is 22.4. The second-order valence-electron chi connectivity index (χ2n) is 9.79. The molecule has 0 N–H and O–H groups in total. The van der Waals surface area contributed by atoms with Crippen LogP contribution in [0.2, 0.25) is 0 Å². The number of benzene rings is 6. The molecule has 0 atom stereocenters. The Labute approximate surface area is 222 Å². The Morgan fingerprint density at radius 2 is 1.21 bits per heavy atom. The van der Waals surface area contributed by atoms with Gasteiger partial charge in [0.2, 0.25) is 0 Å². The van der Waals surface area contributed by atoms with E-state index in [9.17, 15) is 0 Å². The second-order valence-corrected chi connectivity index (χ2v) is 9.79. The van der Waals surface area contributed by atoms with Crippen LogP contribution in [-0.4, -0.2) is 9.97 Å². The molecule has 0 unspecified atom stereocenters.